The van der Waals surface area contributed by atoms with E-state index in [4.69, 9.17) is 15.3 Å². The first-order valence-corrected chi connectivity index (χ1v) is 1.71. The Morgan fingerprint density at radius 2 is 1.38 bits per heavy atom. The summed E-state index contributed by atoms with van der Waals surface area (Å²) < 4.78 is 0. The fraction of sp³-hybridized carbons (Fsp3) is 1.00. The minimum absolute atomic E-state index is 0. The second kappa shape index (κ2) is 12.1. The Morgan fingerprint density at radius 3 is 1.38 bits per heavy atom. The average molecular weight is 253 g/mol. The topological polar surface area (TPSA) is 60.7 Å². The molecule has 8 heavy (non-hydrogen) atoms. The van der Waals surface area contributed by atoms with Crippen molar-refractivity contribution < 1.29 is 15.3 Å². The molecule has 0 aliphatic heterocycles. The standard InChI is InChI=1S/C3H8O3.K.Sb/c4-1-3(6)2-5;;/h3-6H,1-2H2;;. The molecule has 0 saturated heterocycles. The predicted molar refractivity (Wildman–Crippen MR) is 31.7 cm³/mol. The molecule has 0 atom stereocenters. The van der Waals surface area contributed by atoms with Crippen LogP contribution < -0.4 is 0 Å². The molecule has 0 aliphatic carbocycles. The maximum absolute atomic E-state index is 8.17. The van der Waals surface area contributed by atoms with Gasteiger partial charge < -0.3 is 15.3 Å². The average Bonchev–Trinajstić information content (AvgIpc) is 1.65. The van der Waals surface area contributed by atoms with Gasteiger partial charge in [-0.1, -0.05) is 0 Å². The van der Waals surface area contributed by atoms with Crippen molar-refractivity contribution in [1.82, 2.24) is 0 Å². The van der Waals surface area contributed by atoms with Gasteiger partial charge in [0.1, 0.15) is 6.10 Å². The molecule has 0 aliphatic rings. The summed E-state index contributed by atoms with van der Waals surface area (Å²) in [6.45, 7) is -0.729. The van der Waals surface area contributed by atoms with Crippen LogP contribution in [0.4, 0.5) is 0 Å². The molecule has 3 nitrogen and oxygen atoms in total. The van der Waals surface area contributed by atoms with Gasteiger partial charge in [0.05, 0.1) is 13.2 Å². The van der Waals surface area contributed by atoms with E-state index >= 15 is 0 Å². The van der Waals surface area contributed by atoms with E-state index in [2.05, 4.69) is 0 Å². The SMILES string of the molecule is OCC(O)CO.[K].[Sb]. The van der Waals surface area contributed by atoms with E-state index in [9.17, 15) is 0 Å². The molecular formula is C3H8KO3Sb. The van der Waals surface area contributed by atoms with Gasteiger partial charge in [0.25, 0.3) is 0 Å². The smallest absolute Gasteiger partial charge is 0.100 e. The third-order valence-electron chi connectivity index (χ3n) is 0.421. The monoisotopic (exact) mass is 252 g/mol. The normalized spacial score (nSPS) is 7.50. The molecule has 0 aromatic carbocycles. The molecule has 4 radical (unpaired) electrons. The first kappa shape index (κ1) is 16.7. The van der Waals surface area contributed by atoms with Crippen LogP contribution in [0.3, 0.4) is 0 Å². The molecule has 0 bridgehead atoms. The van der Waals surface area contributed by atoms with E-state index in [-0.39, 0.29) is 89.0 Å². The van der Waals surface area contributed by atoms with E-state index in [1.54, 1.807) is 0 Å². The van der Waals surface area contributed by atoms with Crippen molar-refractivity contribution in [2.45, 2.75) is 6.10 Å². The maximum atomic E-state index is 8.17. The third kappa shape index (κ3) is 11.2. The summed E-state index contributed by atoms with van der Waals surface area (Å²) in [5, 5.41) is 24.0. The summed E-state index contributed by atoms with van der Waals surface area (Å²) in [7, 11) is 0. The largest absolute Gasteiger partial charge is 0.394 e. The molecule has 5 heteroatoms. The third-order valence-corrected chi connectivity index (χ3v) is 0.421. The van der Waals surface area contributed by atoms with Gasteiger partial charge >= 0.3 is 0 Å². The second-order valence-electron chi connectivity index (χ2n) is 1.02. The molecule has 0 heterocycles. The van der Waals surface area contributed by atoms with Crippen molar-refractivity contribution in [3.8, 4) is 0 Å². The second-order valence-corrected chi connectivity index (χ2v) is 1.02. The quantitative estimate of drug-likeness (QED) is 0.479. The first-order valence-electron chi connectivity index (χ1n) is 1.71. The van der Waals surface area contributed by atoms with Crippen molar-refractivity contribution in [2.24, 2.45) is 0 Å². The van der Waals surface area contributed by atoms with Gasteiger partial charge in [-0.2, -0.15) is 0 Å². The Labute approximate surface area is 108 Å². The summed E-state index contributed by atoms with van der Waals surface area (Å²) in [6, 6.07) is 0. The summed E-state index contributed by atoms with van der Waals surface area (Å²) in [6.07, 6.45) is -0.954. The summed E-state index contributed by atoms with van der Waals surface area (Å²) in [5.74, 6) is 0. The zero-order valence-electron chi connectivity index (χ0n) is 4.78. The molecule has 0 aromatic rings. The Hall–Kier alpha value is 2.33. The van der Waals surface area contributed by atoms with Gasteiger partial charge in [0.15, 0.2) is 0 Å². The number of hydrogen-bond acceptors (Lipinski definition) is 3. The fourth-order valence-electron chi connectivity index (χ4n) is 0.0577. The molecule has 0 saturated carbocycles. The molecule has 0 amide bonds. The van der Waals surface area contributed by atoms with Gasteiger partial charge in [-0.3, -0.25) is 0 Å². The van der Waals surface area contributed by atoms with Crippen molar-refractivity contribution in [1.29, 1.82) is 0 Å². The van der Waals surface area contributed by atoms with E-state index in [1.165, 1.54) is 0 Å². The minimum Gasteiger partial charge on any atom is -0.394 e. The molecule has 44 valence electrons. The first-order chi connectivity index (χ1) is 2.81. The number of rotatable bonds is 2. The van der Waals surface area contributed by atoms with Gasteiger partial charge in [-0.15, -0.1) is 0 Å². The van der Waals surface area contributed by atoms with Crippen molar-refractivity contribution in [3.05, 3.63) is 0 Å². The number of hydrogen-bond donors (Lipinski definition) is 3. The van der Waals surface area contributed by atoms with Gasteiger partial charge in [-0.05, 0) is 0 Å². The van der Waals surface area contributed by atoms with Crippen LogP contribution in [0.25, 0.3) is 0 Å². The number of aliphatic hydroxyl groups excluding tert-OH is 3. The van der Waals surface area contributed by atoms with E-state index in [0.717, 1.165) is 0 Å². The van der Waals surface area contributed by atoms with E-state index in [1.807, 2.05) is 0 Å². The maximum Gasteiger partial charge on any atom is 0.100 e. The zero-order valence-corrected chi connectivity index (χ0v) is 10.5. The Morgan fingerprint density at radius 1 is 1.12 bits per heavy atom. The Bertz CT molecular complexity index is 33.7. The number of aliphatic hydroxyl groups is 3. The van der Waals surface area contributed by atoms with Crippen LogP contribution in [0, 0.1) is 0 Å². The van der Waals surface area contributed by atoms with Crippen molar-refractivity contribution in [2.75, 3.05) is 13.2 Å². The minimum atomic E-state index is -0.954. The van der Waals surface area contributed by atoms with Gasteiger partial charge in [0, 0.05) is 75.8 Å². The molecule has 0 unspecified atom stereocenters. The molecule has 0 spiro atoms. The van der Waals surface area contributed by atoms with Crippen LogP contribution in [0.15, 0.2) is 0 Å². The van der Waals surface area contributed by atoms with Crippen LogP contribution in [-0.4, -0.2) is 110 Å². The van der Waals surface area contributed by atoms with E-state index in [0.29, 0.717) is 0 Å². The van der Waals surface area contributed by atoms with Crippen molar-refractivity contribution in [3.63, 3.8) is 0 Å². The molecule has 0 aromatic heterocycles. The summed E-state index contributed by atoms with van der Waals surface area (Å²) in [5.41, 5.74) is 0. The van der Waals surface area contributed by atoms with Crippen LogP contribution in [0.5, 0.6) is 0 Å². The summed E-state index contributed by atoms with van der Waals surface area (Å²) >= 11 is 0. The van der Waals surface area contributed by atoms with Crippen LogP contribution in [-0.2, 0) is 0 Å². The van der Waals surface area contributed by atoms with Crippen LogP contribution in [0.2, 0.25) is 0 Å². The van der Waals surface area contributed by atoms with Gasteiger partial charge in [0.2, 0.25) is 0 Å². The summed E-state index contributed by atoms with van der Waals surface area (Å²) in [4.78, 5) is 0. The van der Waals surface area contributed by atoms with Gasteiger partial charge in [-0.25, -0.2) is 0 Å². The molecule has 0 rings (SSSR count). The Kier molecular flexibility index (Phi) is 25.2. The van der Waals surface area contributed by atoms with Crippen LogP contribution in [0.1, 0.15) is 0 Å². The van der Waals surface area contributed by atoms with E-state index < -0.39 is 6.10 Å². The fourth-order valence-corrected chi connectivity index (χ4v) is 0.0577. The zero-order chi connectivity index (χ0) is 4.99. The molecular weight excluding hydrogens is 245 g/mol. The van der Waals surface area contributed by atoms with Crippen LogP contribution >= 0.6 is 0 Å². The molecule has 0 fully saturated rings. The van der Waals surface area contributed by atoms with Crippen molar-refractivity contribution >= 4 is 75.8 Å². The Balaban J connectivity index is -0.000000125. The predicted octanol–water partition coefficient (Wildman–Crippen LogP) is -2.43. The molecule has 3 N–H and O–H groups in total.